The van der Waals surface area contributed by atoms with Gasteiger partial charge >= 0.3 is 6.18 Å². The Morgan fingerprint density at radius 3 is 2.48 bits per heavy atom. The van der Waals surface area contributed by atoms with Gasteiger partial charge < -0.3 is 15.4 Å². The summed E-state index contributed by atoms with van der Waals surface area (Å²) < 4.78 is 40.3. The van der Waals surface area contributed by atoms with Gasteiger partial charge in [-0.3, -0.25) is 0 Å². The summed E-state index contributed by atoms with van der Waals surface area (Å²) in [5.74, 6) is 2.53. The second-order valence-electron chi connectivity index (χ2n) is 4.90. The fourth-order valence-electron chi connectivity index (χ4n) is 1.79. The number of rotatable bonds is 8. The van der Waals surface area contributed by atoms with Crippen molar-refractivity contribution in [3.63, 3.8) is 0 Å². The van der Waals surface area contributed by atoms with Crippen LogP contribution in [0.5, 0.6) is 0 Å². The van der Waals surface area contributed by atoms with E-state index in [9.17, 15) is 13.2 Å². The highest BCUT2D eigenvalue weighted by molar-refractivity contribution is 5.48. The van der Waals surface area contributed by atoms with Gasteiger partial charge in [0.1, 0.15) is 24.1 Å². The highest BCUT2D eigenvalue weighted by Crippen LogP contribution is 2.38. The maximum atomic E-state index is 11.9. The van der Waals surface area contributed by atoms with Gasteiger partial charge in [-0.15, -0.1) is 0 Å². The second kappa shape index (κ2) is 6.93. The first-order chi connectivity index (χ1) is 9.98. The van der Waals surface area contributed by atoms with Crippen molar-refractivity contribution in [2.75, 3.05) is 36.9 Å². The van der Waals surface area contributed by atoms with Crippen LogP contribution in [0.1, 0.15) is 31.5 Å². The van der Waals surface area contributed by atoms with Gasteiger partial charge in [0.05, 0.1) is 6.61 Å². The third-order valence-corrected chi connectivity index (χ3v) is 2.86. The molecule has 1 aliphatic rings. The minimum atomic E-state index is -4.29. The van der Waals surface area contributed by atoms with Gasteiger partial charge in [0.15, 0.2) is 0 Å². The van der Waals surface area contributed by atoms with Crippen molar-refractivity contribution in [3.05, 3.63) is 11.9 Å². The minimum Gasteiger partial charge on any atom is -0.370 e. The molecule has 1 fully saturated rings. The molecule has 0 saturated heterocycles. The highest BCUT2D eigenvalue weighted by Gasteiger charge is 2.28. The first-order valence-electron chi connectivity index (χ1n) is 6.99. The molecule has 8 heteroatoms. The quantitative estimate of drug-likeness (QED) is 0.723. The molecule has 0 spiro atoms. The number of hydrogen-bond acceptors (Lipinski definition) is 5. The number of ether oxygens (including phenoxy) is 1. The molecule has 21 heavy (non-hydrogen) atoms. The fourth-order valence-corrected chi connectivity index (χ4v) is 1.79. The van der Waals surface area contributed by atoms with Gasteiger partial charge in [-0.2, -0.15) is 13.2 Å². The number of nitrogens with one attached hydrogen (secondary N) is 2. The molecule has 1 heterocycles. The van der Waals surface area contributed by atoms with Crippen molar-refractivity contribution in [2.24, 2.45) is 0 Å². The smallest absolute Gasteiger partial charge is 0.370 e. The van der Waals surface area contributed by atoms with Crippen LogP contribution in [0.25, 0.3) is 0 Å². The first-order valence-corrected chi connectivity index (χ1v) is 6.99. The highest BCUT2D eigenvalue weighted by atomic mass is 19.4. The molecule has 1 aromatic rings. The zero-order chi connectivity index (χ0) is 15.3. The van der Waals surface area contributed by atoms with Crippen molar-refractivity contribution < 1.29 is 17.9 Å². The summed E-state index contributed by atoms with van der Waals surface area (Å²) in [5.41, 5.74) is 0. The average Bonchev–Trinajstić information content (AvgIpc) is 3.21. The van der Waals surface area contributed by atoms with Gasteiger partial charge in [-0.25, -0.2) is 9.97 Å². The molecule has 0 radical (unpaired) electrons. The van der Waals surface area contributed by atoms with E-state index in [4.69, 9.17) is 0 Å². The van der Waals surface area contributed by atoms with Crippen LogP contribution in [0.3, 0.4) is 0 Å². The lowest BCUT2D eigenvalue weighted by Gasteiger charge is -2.11. The molecule has 0 aromatic carbocycles. The number of halogens is 3. The molecular formula is C13H19F3N4O. The van der Waals surface area contributed by atoms with Crippen LogP contribution >= 0.6 is 0 Å². The molecule has 5 nitrogen and oxygen atoms in total. The molecular weight excluding hydrogens is 285 g/mol. The Labute approximate surface area is 121 Å². The lowest BCUT2D eigenvalue weighted by atomic mass is 10.3. The van der Waals surface area contributed by atoms with Crippen LogP contribution in [0.15, 0.2) is 6.07 Å². The predicted octanol–water partition coefficient (Wildman–Crippen LogP) is 2.78. The van der Waals surface area contributed by atoms with E-state index in [0.29, 0.717) is 11.7 Å². The molecule has 2 N–H and O–H groups in total. The summed E-state index contributed by atoms with van der Waals surface area (Å²) in [6.45, 7) is 1.72. The molecule has 0 aliphatic heterocycles. The summed E-state index contributed by atoms with van der Waals surface area (Å²) in [5, 5.41) is 6.09. The van der Waals surface area contributed by atoms with Gasteiger partial charge in [-0.05, 0) is 19.8 Å². The average molecular weight is 304 g/mol. The Bertz CT molecular complexity index is 463. The van der Waals surface area contributed by atoms with Crippen LogP contribution in [0, 0.1) is 0 Å². The van der Waals surface area contributed by atoms with Crippen molar-refractivity contribution in [3.8, 4) is 0 Å². The Balaban J connectivity index is 1.84. The van der Waals surface area contributed by atoms with Gasteiger partial charge in [0.25, 0.3) is 0 Å². The van der Waals surface area contributed by atoms with E-state index >= 15 is 0 Å². The van der Waals surface area contributed by atoms with E-state index < -0.39 is 12.8 Å². The van der Waals surface area contributed by atoms with E-state index in [0.717, 1.165) is 31.0 Å². The summed E-state index contributed by atoms with van der Waals surface area (Å²) in [6, 6.07) is 1.75. The summed E-state index contributed by atoms with van der Waals surface area (Å²) in [4.78, 5) is 8.80. The number of aromatic nitrogens is 2. The van der Waals surface area contributed by atoms with E-state index in [1.807, 2.05) is 6.92 Å². The van der Waals surface area contributed by atoms with Crippen LogP contribution < -0.4 is 10.6 Å². The molecule has 1 aliphatic carbocycles. The molecule has 0 atom stereocenters. The second-order valence-corrected chi connectivity index (χ2v) is 4.90. The molecule has 0 amide bonds. The zero-order valence-electron chi connectivity index (χ0n) is 11.8. The largest absolute Gasteiger partial charge is 0.411 e. The predicted molar refractivity (Wildman–Crippen MR) is 73.5 cm³/mol. The Kier molecular flexibility index (Phi) is 5.22. The Morgan fingerprint density at radius 1 is 1.24 bits per heavy atom. The third kappa shape index (κ3) is 5.74. The maximum absolute atomic E-state index is 11.9. The van der Waals surface area contributed by atoms with Crippen LogP contribution in [-0.4, -0.2) is 42.4 Å². The van der Waals surface area contributed by atoms with E-state index in [1.165, 1.54) is 0 Å². The lowest BCUT2D eigenvalue weighted by molar-refractivity contribution is -0.172. The summed E-state index contributed by atoms with van der Waals surface area (Å²) in [7, 11) is 0. The molecule has 1 aromatic heterocycles. The lowest BCUT2D eigenvalue weighted by Crippen LogP contribution is -2.20. The van der Waals surface area contributed by atoms with Crippen molar-refractivity contribution in [1.29, 1.82) is 0 Å². The van der Waals surface area contributed by atoms with Crippen molar-refractivity contribution in [2.45, 2.75) is 31.9 Å². The summed E-state index contributed by atoms with van der Waals surface area (Å²) >= 11 is 0. The zero-order valence-corrected chi connectivity index (χ0v) is 11.8. The van der Waals surface area contributed by atoms with Crippen LogP contribution in [0.4, 0.5) is 24.8 Å². The number of anilines is 2. The fraction of sp³-hybridized carbons (Fsp3) is 0.692. The Hall–Kier alpha value is -1.57. The SMILES string of the molecule is CCNc1cc(NCCOCC(F)(F)F)nc(C2CC2)n1. The Morgan fingerprint density at radius 2 is 1.90 bits per heavy atom. The van der Waals surface area contributed by atoms with Crippen LogP contribution in [-0.2, 0) is 4.74 Å². The monoisotopic (exact) mass is 304 g/mol. The number of nitrogens with zero attached hydrogens (tertiary/aromatic N) is 2. The number of alkyl halides is 3. The van der Waals surface area contributed by atoms with E-state index in [2.05, 4.69) is 25.3 Å². The third-order valence-electron chi connectivity index (χ3n) is 2.86. The number of hydrogen-bond donors (Lipinski definition) is 2. The van der Waals surface area contributed by atoms with Gasteiger partial charge in [-0.1, -0.05) is 0 Å². The molecule has 118 valence electrons. The standard InChI is InChI=1S/C13H19F3N4O/c1-2-17-10-7-11(20-12(19-10)9-3-4-9)18-5-6-21-8-13(14,15)16/h7,9H,2-6,8H2,1H3,(H2,17,18,19,20). The van der Waals surface area contributed by atoms with E-state index in [-0.39, 0.29) is 13.2 Å². The van der Waals surface area contributed by atoms with Crippen molar-refractivity contribution in [1.82, 2.24) is 9.97 Å². The van der Waals surface area contributed by atoms with Gasteiger partial charge in [0, 0.05) is 25.1 Å². The first kappa shape index (κ1) is 15.8. The molecule has 0 bridgehead atoms. The van der Waals surface area contributed by atoms with E-state index in [1.54, 1.807) is 6.07 Å². The minimum absolute atomic E-state index is 0.0290. The molecule has 0 unspecified atom stereocenters. The molecule has 2 rings (SSSR count). The maximum Gasteiger partial charge on any atom is 0.411 e. The normalized spacial score (nSPS) is 15.0. The van der Waals surface area contributed by atoms with Crippen molar-refractivity contribution >= 4 is 11.6 Å². The van der Waals surface area contributed by atoms with Gasteiger partial charge in [0.2, 0.25) is 0 Å². The summed E-state index contributed by atoms with van der Waals surface area (Å²) in [6.07, 6.45) is -2.11. The van der Waals surface area contributed by atoms with Crippen LogP contribution in [0.2, 0.25) is 0 Å². The topological polar surface area (TPSA) is 59.1 Å². The molecule has 1 saturated carbocycles.